The summed E-state index contributed by atoms with van der Waals surface area (Å²) in [6, 6.07) is 5.80. The van der Waals surface area contributed by atoms with Crippen molar-refractivity contribution in [2.45, 2.75) is 25.8 Å². The van der Waals surface area contributed by atoms with Crippen molar-refractivity contribution in [2.75, 3.05) is 5.32 Å². The van der Waals surface area contributed by atoms with Gasteiger partial charge in [-0.3, -0.25) is 4.79 Å². The van der Waals surface area contributed by atoms with Gasteiger partial charge in [0.15, 0.2) is 0 Å². The Hall–Kier alpha value is -1.22. The second-order valence-corrected chi connectivity index (χ2v) is 4.88. The second-order valence-electron chi connectivity index (χ2n) is 4.48. The third-order valence-electron chi connectivity index (χ3n) is 2.98. The van der Waals surface area contributed by atoms with Crippen LogP contribution in [-0.4, -0.2) is 11.9 Å². The molecule has 1 amide bonds. The molecule has 0 unspecified atom stereocenters. The number of rotatable bonds is 3. The maximum absolute atomic E-state index is 11.1. The van der Waals surface area contributed by atoms with Gasteiger partial charge in [0.2, 0.25) is 5.91 Å². The zero-order valence-corrected chi connectivity index (χ0v) is 9.92. The van der Waals surface area contributed by atoms with Gasteiger partial charge in [-0.05, 0) is 37.0 Å². The lowest BCUT2D eigenvalue weighted by Gasteiger charge is -2.34. The zero-order valence-electron chi connectivity index (χ0n) is 9.16. The normalized spacial score (nSPS) is 23.6. The van der Waals surface area contributed by atoms with Gasteiger partial charge in [0.1, 0.15) is 0 Å². The average molecular weight is 239 g/mol. The van der Waals surface area contributed by atoms with Crippen LogP contribution in [0.25, 0.3) is 0 Å². The van der Waals surface area contributed by atoms with E-state index >= 15 is 0 Å². The molecular formula is C12H15ClN2O. The number of primary amides is 1. The minimum Gasteiger partial charge on any atom is -0.382 e. The van der Waals surface area contributed by atoms with E-state index in [0.29, 0.717) is 16.6 Å². The smallest absolute Gasteiger partial charge is 0.250 e. The molecule has 1 aromatic carbocycles. The summed E-state index contributed by atoms with van der Waals surface area (Å²) >= 11 is 5.87. The average Bonchev–Trinajstić information content (AvgIpc) is 2.18. The standard InChI is InChI=1S/C12H15ClN2O/c1-7-4-9(5-7)15-8-2-3-11(13)10(6-8)12(14)16/h2-3,6-7,9,15H,4-5H2,1H3,(H2,14,16). The van der Waals surface area contributed by atoms with Gasteiger partial charge in [-0.1, -0.05) is 18.5 Å². The number of hydrogen-bond donors (Lipinski definition) is 2. The molecule has 4 heteroatoms. The van der Waals surface area contributed by atoms with E-state index in [1.807, 2.05) is 6.07 Å². The first-order valence-corrected chi connectivity index (χ1v) is 5.80. The van der Waals surface area contributed by atoms with E-state index in [1.54, 1.807) is 12.1 Å². The molecule has 0 radical (unpaired) electrons. The minimum absolute atomic E-state index is 0.374. The largest absolute Gasteiger partial charge is 0.382 e. The summed E-state index contributed by atoms with van der Waals surface area (Å²) < 4.78 is 0. The quantitative estimate of drug-likeness (QED) is 0.851. The van der Waals surface area contributed by atoms with Crippen LogP contribution in [0.1, 0.15) is 30.1 Å². The third-order valence-corrected chi connectivity index (χ3v) is 3.31. The van der Waals surface area contributed by atoms with E-state index in [2.05, 4.69) is 12.2 Å². The van der Waals surface area contributed by atoms with Crippen molar-refractivity contribution < 1.29 is 4.79 Å². The van der Waals surface area contributed by atoms with Gasteiger partial charge in [-0.2, -0.15) is 0 Å². The maximum Gasteiger partial charge on any atom is 0.250 e. The number of anilines is 1. The van der Waals surface area contributed by atoms with Gasteiger partial charge in [-0.15, -0.1) is 0 Å². The molecule has 0 saturated heterocycles. The maximum atomic E-state index is 11.1. The molecule has 3 nitrogen and oxygen atoms in total. The number of halogens is 1. The monoisotopic (exact) mass is 238 g/mol. The van der Waals surface area contributed by atoms with E-state index in [0.717, 1.165) is 11.6 Å². The summed E-state index contributed by atoms with van der Waals surface area (Å²) in [5, 5.41) is 3.77. The van der Waals surface area contributed by atoms with Gasteiger partial charge in [-0.25, -0.2) is 0 Å². The highest BCUT2D eigenvalue weighted by atomic mass is 35.5. The molecule has 1 aliphatic rings. The van der Waals surface area contributed by atoms with E-state index in [-0.39, 0.29) is 0 Å². The van der Waals surface area contributed by atoms with E-state index < -0.39 is 5.91 Å². The summed E-state index contributed by atoms with van der Waals surface area (Å²) in [5.41, 5.74) is 6.52. The zero-order chi connectivity index (χ0) is 11.7. The van der Waals surface area contributed by atoms with Crippen molar-refractivity contribution in [3.05, 3.63) is 28.8 Å². The Morgan fingerprint density at radius 3 is 2.75 bits per heavy atom. The van der Waals surface area contributed by atoms with Crippen LogP contribution in [0.2, 0.25) is 5.02 Å². The van der Waals surface area contributed by atoms with Crippen molar-refractivity contribution in [1.82, 2.24) is 0 Å². The summed E-state index contributed by atoms with van der Waals surface area (Å²) in [5.74, 6) is 0.302. The third kappa shape index (κ3) is 2.30. The first-order valence-electron chi connectivity index (χ1n) is 5.42. The van der Waals surface area contributed by atoms with Crippen molar-refractivity contribution in [3.63, 3.8) is 0 Å². The van der Waals surface area contributed by atoms with Gasteiger partial charge >= 0.3 is 0 Å². The number of nitrogens with one attached hydrogen (secondary N) is 1. The van der Waals surface area contributed by atoms with Crippen LogP contribution >= 0.6 is 11.6 Å². The Morgan fingerprint density at radius 1 is 1.50 bits per heavy atom. The highest BCUT2D eigenvalue weighted by Gasteiger charge is 2.25. The first-order chi connectivity index (χ1) is 7.56. The fourth-order valence-corrected chi connectivity index (χ4v) is 2.27. The molecule has 3 N–H and O–H groups in total. The fourth-order valence-electron chi connectivity index (χ4n) is 2.06. The molecule has 0 aliphatic heterocycles. The summed E-state index contributed by atoms with van der Waals surface area (Å²) in [7, 11) is 0. The molecule has 0 bridgehead atoms. The second kappa shape index (κ2) is 4.34. The van der Waals surface area contributed by atoms with Crippen LogP contribution in [-0.2, 0) is 0 Å². The summed E-state index contributed by atoms with van der Waals surface area (Å²) in [6.07, 6.45) is 2.35. The van der Waals surface area contributed by atoms with Crippen LogP contribution in [0, 0.1) is 5.92 Å². The Balaban J connectivity index is 2.10. The van der Waals surface area contributed by atoms with Crippen LogP contribution in [0.3, 0.4) is 0 Å². The number of nitrogens with two attached hydrogens (primary N) is 1. The predicted molar refractivity (Wildman–Crippen MR) is 65.8 cm³/mol. The topological polar surface area (TPSA) is 55.1 Å². The summed E-state index contributed by atoms with van der Waals surface area (Å²) in [6.45, 7) is 2.23. The lowest BCUT2D eigenvalue weighted by atomic mass is 9.82. The minimum atomic E-state index is -0.490. The molecule has 2 rings (SSSR count). The molecule has 1 fully saturated rings. The lowest BCUT2D eigenvalue weighted by Crippen LogP contribution is -2.33. The molecule has 0 heterocycles. The summed E-state index contributed by atoms with van der Waals surface area (Å²) in [4.78, 5) is 11.1. The van der Waals surface area contributed by atoms with Gasteiger partial charge in [0, 0.05) is 11.7 Å². The van der Waals surface area contributed by atoms with E-state index in [9.17, 15) is 4.79 Å². The molecule has 1 aromatic rings. The van der Waals surface area contributed by atoms with Gasteiger partial charge in [0.25, 0.3) is 0 Å². The van der Waals surface area contributed by atoms with Crippen LogP contribution < -0.4 is 11.1 Å². The Bertz CT molecular complexity index is 413. The first kappa shape index (κ1) is 11.3. The van der Waals surface area contributed by atoms with E-state index in [1.165, 1.54) is 12.8 Å². The van der Waals surface area contributed by atoms with Crippen molar-refractivity contribution in [2.24, 2.45) is 11.7 Å². The number of hydrogen-bond acceptors (Lipinski definition) is 2. The van der Waals surface area contributed by atoms with Crippen molar-refractivity contribution >= 4 is 23.2 Å². The van der Waals surface area contributed by atoms with Crippen LogP contribution in [0.5, 0.6) is 0 Å². The Kier molecular flexibility index (Phi) is 3.06. The number of carbonyl (C=O) groups is 1. The highest BCUT2D eigenvalue weighted by molar-refractivity contribution is 6.33. The van der Waals surface area contributed by atoms with Crippen LogP contribution in [0.4, 0.5) is 5.69 Å². The number of amides is 1. The predicted octanol–water partition coefficient (Wildman–Crippen LogP) is 2.65. The van der Waals surface area contributed by atoms with Gasteiger partial charge in [0.05, 0.1) is 10.6 Å². The molecule has 0 atom stereocenters. The van der Waals surface area contributed by atoms with Crippen molar-refractivity contribution in [3.8, 4) is 0 Å². The van der Waals surface area contributed by atoms with Crippen LogP contribution in [0.15, 0.2) is 18.2 Å². The molecule has 86 valence electrons. The van der Waals surface area contributed by atoms with Crippen molar-refractivity contribution in [1.29, 1.82) is 0 Å². The van der Waals surface area contributed by atoms with E-state index in [4.69, 9.17) is 17.3 Å². The highest BCUT2D eigenvalue weighted by Crippen LogP contribution is 2.30. The number of carbonyl (C=O) groups excluding carboxylic acids is 1. The van der Waals surface area contributed by atoms with Gasteiger partial charge < -0.3 is 11.1 Å². The molecule has 16 heavy (non-hydrogen) atoms. The fraction of sp³-hybridized carbons (Fsp3) is 0.417. The number of benzene rings is 1. The molecule has 0 aromatic heterocycles. The molecule has 1 saturated carbocycles. The Labute approximate surface area is 100.0 Å². The molecule has 0 spiro atoms. The SMILES string of the molecule is CC1CC(Nc2ccc(Cl)c(C(N)=O)c2)C1. The lowest BCUT2D eigenvalue weighted by molar-refractivity contribution is 0.100. The molecule has 1 aliphatic carbocycles. The molecular weight excluding hydrogens is 224 g/mol. The Morgan fingerprint density at radius 2 is 2.19 bits per heavy atom.